The van der Waals surface area contributed by atoms with Gasteiger partial charge in [0.25, 0.3) is 0 Å². The number of hydrogen-bond acceptors (Lipinski definition) is 4. The Labute approximate surface area is 210 Å². The van der Waals surface area contributed by atoms with Crippen LogP contribution in [-0.4, -0.2) is 35.2 Å². The van der Waals surface area contributed by atoms with Crippen LogP contribution in [0.3, 0.4) is 0 Å². The highest BCUT2D eigenvalue weighted by molar-refractivity contribution is 9.10. The number of nitrogens with one attached hydrogen (secondary N) is 2. The molecule has 8 heteroatoms. The molecule has 5 rings (SSSR count). The van der Waals surface area contributed by atoms with Crippen molar-refractivity contribution in [2.24, 2.45) is 0 Å². The van der Waals surface area contributed by atoms with Crippen LogP contribution >= 0.6 is 15.9 Å². The van der Waals surface area contributed by atoms with Gasteiger partial charge in [-0.1, -0.05) is 48.5 Å². The summed E-state index contributed by atoms with van der Waals surface area (Å²) in [7, 11) is 0. The summed E-state index contributed by atoms with van der Waals surface area (Å²) >= 11 is 3.33. The Kier molecular flexibility index (Phi) is 6.06. The van der Waals surface area contributed by atoms with E-state index >= 15 is 0 Å². The van der Waals surface area contributed by atoms with E-state index in [2.05, 4.69) is 38.7 Å². The zero-order valence-corrected chi connectivity index (χ0v) is 20.3. The first kappa shape index (κ1) is 23.1. The number of hydrogen-bond donors (Lipinski definition) is 3. The van der Waals surface area contributed by atoms with Gasteiger partial charge in [-0.05, 0) is 75.6 Å². The predicted molar refractivity (Wildman–Crippen MR) is 135 cm³/mol. The number of alkyl carbamates (subject to hydrolysis) is 1. The highest BCUT2D eigenvalue weighted by atomic mass is 79.9. The SMILES string of the molecule is O=C(NC1(C(=O)Nc2cc(C(=O)O)ccc2Br)CCC1)OCC1c2ccccc2-c2ccccc21. The number of carbonyl (C=O) groups is 3. The quantitative estimate of drug-likeness (QED) is 0.384. The molecule has 0 spiro atoms. The fraction of sp³-hybridized carbons (Fsp3) is 0.222. The fourth-order valence-electron chi connectivity index (χ4n) is 4.77. The Balaban J connectivity index is 1.27. The molecule has 0 radical (unpaired) electrons. The van der Waals surface area contributed by atoms with Gasteiger partial charge in [0, 0.05) is 10.4 Å². The van der Waals surface area contributed by atoms with Crippen molar-refractivity contribution < 1.29 is 24.2 Å². The maximum atomic E-state index is 13.1. The lowest BCUT2D eigenvalue weighted by atomic mass is 9.76. The lowest BCUT2D eigenvalue weighted by Crippen LogP contribution is -2.61. The number of carboxylic acids is 1. The van der Waals surface area contributed by atoms with Crippen LogP contribution in [-0.2, 0) is 9.53 Å². The third-order valence-electron chi connectivity index (χ3n) is 6.79. The average Bonchev–Trinajstić information content (AvgIpc) is 3.15. The maximum Gasteiger partial charge on any atom is 0.408 e. The highest BCUT2D eigenvalue weighted by Gasteiger charge is 2.46. The molecule has 0 bridgehead atoms. The third kappa shape index (κ3) is 4.30. The van der Waals surface area contributed by atoms with Gasteiger partial charge in [0.05, 0.1) is 11.3 Å². The summed E-state index contributed by atoms with van der Waals surface area (Å²) in [6, 6.07) is 20.6. The fourth-order valence-corrected chi connectivity index (χ4v) is 5.11. The van der Waals surface area contributed by atoms with Crippen LogP contribution < -0.4 is 10.6 Å². The van der Waals surface area contributed by atoms with Crippen LogP contribution in [0.15, 0.2) is 71.2 Å². The highest BCUT2D eigenvalue weighted by Crippen LogP contribution is 2.44. The molecule has 7 nitrogen and oxygen atoms in total. The summed E-state index contributed by atoms with van der Waals surface area (Å²) in [6.45, 7) is 0.157. The second kappa shape index (κ2) is 9.19. The van der Waals surface area contributed by atoms with E-state index in [0.717, 1.165) is 28.7 Å². The first-order valence-corrected chi connectivity index (χ1v) is 12.1. The van der Waals surface area contributed by atoms with E-state index in [0.29, 0.717) is 23.0 Å². The van der Waals surface area contributed by atoms with Gasteiger partial charge in [-0.3, -0.25) is 4.79 Å². The molecule has 1 saturated carbocycles. The molecule has 2 amide bonds. The summed E-state index contributed by atoms with van der Waals surface area (Å²) < 4.78 is 6.18. The number of anilines is 1. The molecule has 0 aliphatic heterocycles. The predicted octanol–water partition coefficient (Wildman–Crippen LogP) is 5.55. The molecule has 2 aliphatic carbocycles. The molecule has 0 atom stereocenters. The second-order valence-corrected chi connectivity index (χ2v) is 9.69. The number of aromatic carboxylic acids is 1. The van der Waals surface area contributed by atoms with Gasteiger partial charge in [0.1, 0.15) is 12.1 Å². The van der Waals surface area contributed by atoms with Gasteiger partial charge in [0.2, 0.25) is 5.91 Å². The number of ether oxygens (including phenoxy) is 1. The van der Waals surface area contributed by atoms with Crippen molar-refractivity contribution in [3.05, 3.63) is 87.9 Å². The van der Waals surface area contributed by atoms with Gasteiger partial charge in [0.15, 0.2) is 0 Å². The van der Waals surface area contributed by atoms with E-state index in [-0.39, 0.29) is 18.1 Å². The van der Waals surface area contributed by atoms with Gasteiger partial charge < -0.3 is 20.5 Å². The van der Waals surface area contributed by atoms with E-state index in [1.165, 1.54) is 12.1 Å². The van der Waals surface area contributed by atoms with E-state index in [4.69, 9.17) is 4.74 Å². The topological polar surface area (TPSA) is 105 Å². The largest absolute Gasteiger partial charge is 0.478 e. The minimum Gasteiger partial charge on any atom is -0.478 e. The Bertz CT molecular complexity index is 1290. The van der Waals surface area contributed by atoms with Crippen molar-refractivity contribution in [3.63, 3.8) is 0 Å². The molecule has 3 aromatic rings. The van der Waals surface area contributed by atoms with Crippen molar-refractivity contribution in [2.75, 3.05) is 11.9 Å². The van der Waals surface area contributed by atoms with Crippen LogP contribution in [0.25, 0.3) is 11.1 Å². The Morgan fingerprint density at radius 2 is 1.60 bits per heavy atom. The van der Waals surface area contributed by atoms with Crippen LogP contribution in [0.5, 0.6) is 0 Å². The molecule has 3 aromatic carbocycles. The zero-order valence-electron chi connectivity index (χ0n) is 18.7. The smallest absolute Gasteiger partial charge is 0.408 e. The number of carbonyl (C=O) groups excluding carboxylic acids is 2. The van der Waals surface area contributed by atoms with E-state index in [9.17, 15) is 19.5 Å². The molecule has 0 saturated heterocycles. The molecule has 2 aliphatic rings. The maximum absolute atomic E-state index is 13.1. The molecular weight excluding hydrogens is 512 g/mol. The van der Waals surface area contributed by atoms with Gasteiger partial charge >= 0.3 is 12.1 Å². The van der Waals surface area contributed by atoms with Gasteiger partial charge in [-0.15, -0.1) is 0 Å². The van der Waals surface area contributed by atoms with E-state index in [1.807, 2.05) is 36.4 Å². The minimum atomic E-state index is -1.10. The second-order valence-electron chi connectivity index (χ2n) is 8.84. The van der Waals surface area contributed by atoms with Crippen LogP contribution in [0.4, 0.5) is 10.5 Å². The van der Waals surface area contributed by atoms with Crippen LogP contribution in [0.1, 0.15) is 46.7 Å². The molecule has 3 N–H and O–H groups in total. The number of benzene rings is 3. The zero-order chi connectivity index (χ0) is 24.6. The van der Waals surface area contributed by atoms with E-state index in [1.54, 1.807) is 6.07 Å². The summed E-state index contributed by atoms with van der Waals surface area (Å²) in [5.41, 5.74) is 3.79. The van der Waals surface area contributed by atoms with Crippen molar-refractivity contribution in [3.8, 4) is 11.1 Å². The molecule has 35 heavy (non-hydrogen) atoms. The third-order valence-corrected chi connectivity index (χ3v) is 7.48. The first-order chi connectivity index (χ1) is 16.9. The van der Waals surface area contributed by atoms with Crippen LogP contribution in [0.2, 0.25) is 0 Å². The molecule has 178 valence electrons. The van der Waals surface area contributed by atoms with E-state index < -0.39 is 23.5 Å². The summed E-state index contributed by atoms with van der Waals surface area (Å²) in [5.74, 6) is -1.57. The Morgan fingerprint density at radius 1 is 0.971 bits per heavy atom. The van der Waals surface area contributed by atoms with Crippen molar-refractivity contribution in [1.29, 1.82) is 0 Å². The number of carboxylic acid groups (broad SMARTS) is 1. The number of halogens is 1. The molecule has 0 heterocycles. The van der Waals surface area contributed by atoms with Crippen LogP contribution in [0, 0.1) is 0 Å². The summed E-state index contributed by atoms with van der Waals surface area (Å²) in [6.07, 6.45) is 1.08. The summed E-state index contributed by atoms with van der Waals surface area (Å²) in [5, 5.41) is 14.8. The molecule has 0 aromatic heterocycles. The Hall–Kier alpha value is -3.65. The summed E-state index contributed by atoms with van der Waals surface area (Å²) in [4.78, 5) is 37.2. The van der Waals surface area contributed by atoms with Crippen molar-refractivity contribution >= 4 is 39.6 Å². The van der Waals surface area contributed by atoms with Crippen molar-refractivity contribution in [2.45, 2.75) is 30.7 Å². The number of fused-ring (bicyclic) bond motifs is 3. The molecule has 1 fully saturated rings. The standard InChI is InChI=1S/C27H23BrN2O5/c28-22-11-10-16(24(31)32)14-23(22)29-25(33)27(12-5-13-27)30-26(34)35-15-21-19-8-3-1-6-17(19)18-7-2-4-9-20(18)21/h1-4,6-11,14,21H,5,12-13,15H2,(H,29,33)(H,30,34)(H,31,32). The first-order valence-electron chi connectivity index (χ1n) is 11.4. The number of amides is 2. The minimum absolute atomic E-state index is 0.0515. The average molecular weight is 535 g/mol. The Morgan fingerprint density at radius 3 is 2.17 bits per heavy atom. The molecule has 0 unspecified atom stereocenters. The normalized spacial score (nSPS) is 15.3. The monoisotopic (exact) mass is 534 g/mol. The lowest BCUT2D eigenvalue weighted by molar-refractivity contribution is -0.125. The van der Waals surface area contributed by atoms with Crippen molar-refractivity contribution in [1.82, 2.24) is 5.32 Å². The molecular formula is C27H23BrN2O5. The number of rotatable bonds is 6. The van der Waals surface area contributed by atoms with Gasteiger partial charge in [-0.2, -0.15) is 0 Å². The van der Waals surface area contributed by atoms with Gasteiger partial charge in [-0.25, -0.2) is 9.59 Å². The lowest BCUT2D eigenvalue weighted by Gasteiger charge is -2.40.